The van der Waals surface area contributed by atoms with Gasteiger partial charge in [-0.15, -0.1) is 0 Å². The van der Waals surface area contributed by atoms with Crippen LogP contribution < -0.4 is 0 Å². The number of hydrogen-bond donors (Lipinski definition) is 1. The molecule has 0 spiro atoms. The third-order valence-electron chi connectivity index (χ3n) is 7.11. The molecular formula is C28H32Cl2N2O3S. The molecule has 8 heteroatoms. The number of likely N-dealkylation sites (N-methyl/N-ethyl adjacent to an activating group) is 1. The summed E-state index contributed by atoms with van der Waals surface area (Å²) in [5.41, 5.74) is 1.07. The van der Waals surface area contributed by atoms with Gasteiger partial charge in [0, 0.05) is 36.7 Å². The predicted molar refractivity (Wildman–Crippen MR) is 146 cm³/mol. The van der Waals surface area contributed by atoms with E-state index in [1.54, 1.807) is 37.4 Å². The summed E-state index contributed by atoms with van der Waals surface area (Å²) >= 11 is 12.3. The van der Waals surface area contributed by atoms with E-state index in [1.807, 2.05) is 48.5 Å². The fourth-order valence-corrected chi connectivity index (χ4v) is 6.40. The van der Waals surface area contributed by atoms with Crippen molar-refractivity contribution in [3.05, 3.63) is 100 Å². The summed E-state index contributed by atoms with van der Waals surface area (Å²) in [5, 5.41) is 12.5. The Morgan fingerprint density at radius 3 is 2.25 bits per heavy atom. The van der Waals surface area contributed by atoms with Crippen molar-refractivity contribution < 1.29 is 13.5 Å². The Hall–Kier alpha value is -1.93. The molecule has 192 valence electrons. The normalized spacial score (nSPS) is 17.2. The highest BCUT2D eigenvalue weighted by atomic mass is 35.5. The molecule has 36 heavy (non-hydrogen) atoms. The third-order valence-corrected chi connectivity index (χ3v) is 9.43. The van der Waals surface area contributed by atoms with Gasteiger partial charge in [0.1, 0.15) is 0 Å². The summed E-state index contributed by atoms with van der Waals surface area (Å²) < 4.78 is 27.7. The molecule has 3 aromatic carbocycles. The van der Waals surface area contributed by atoms with E-state index in [4.69, 9.17) is 23.2 Å². The highest BCUT2D eigenvalue weighted by Crippen LogP contribution is 2.34. The number of nitrogens with zero attached hydrogens (tertiary/aromatic N) is 2. The van der Waals surface area contributed by atoms with Gasteiger partial charge in [-0.1, -0.05) is 65.7 Å². The van der Waals surface area contributed by atoms with Crippen LogP contribution in [-0.4, -0.2) is 56.0 Å². The zero-order valence-electron chi connectivity index (χ0n) is 20.4. The number of rotatable bonds is 9. The fraction of sp³-hybridized carbons (Fsp3) is 0.357. The molecular weight excluding hydrogens is 515 g/mol. The van der Waals surface area contributed by atoms with Crippen molar-refractivity contribution in [3.8, 4) is 0 Å². The number of likely N-dealkylation sites (tertiary alicyclic amines) is 1. The maximum atomic E-state index is 13.2. The van der Waals surface area contributed by atoms with Crippen LogP contribution in [0.25, 0.3) is 0 Å². The van der Waals surface area contributed by atoms with Crippen molar-refractivity contribution in [2.45, 2.75) is 35.7 Å². The largest absolute Gasteiger partial charge is 0.385 e. The molecule has 1 aliphatic heterocycles. The van der Waals surface area contributed by atoms with Gasteiger partial charge in [-0.05, 0) is 79.3 Å². The van der Waals surface area contributed by atoms with Crippen LogP contribution in [0, 0.1) is 0 Å². The first-order valence-corrected chi connectivity index (χ1v) is 14.3. The van der Waals surface area contributed by atoms with E-state index < -0.39 is 15.6 Å². The fourth-order valence-electron chi connectivity index (χ4n) is 4.84. The lowest BCUT2D eigenvalue weighted by molar-refractivity contribution is -0.0263. The van der Waals surface area contributed by atoms with Gasteiger partial charge in [-0.25, -0.2) is 12.7 Å². The molecule has 0 saturated carbocycles. The molecule has 1 aliphatic rings. The minimum atomic E-state index is -3.60. The van der Waals surface area contributed by atoms with E-state index in [-0.39, 0.29) is 10.8 Å². The molecule has 0 radical (unpaired) electrons. The third kappa shape index (κ3) is 6.49. The van der Waals surface area contributed by atoms with Crippen molar-refractivity contribution in [3.63, 3.8) is 0 Å². The minimum absolute atomic E-state index is 0.0238. The average Bonchev–Trinajstić information content (AvgIpc) is 2.88. The number of benzene rings is 3. The number of sulfonamides is 1. The molecule has 3 aromatic rings. The molecule has 0 aliphatic carbocycles. The second-order valence-electron chi connectivity index (χ2n) is 9.52. The minimum Gasteiger partial charge on any atom is -0.385 e. The lowest BCUT2D eigenvalue weighted by Crippen LogP contribution is -2.43. The van der Waals surface area contributed by atoms with Crippen molar-refractivity contribution >= 4 is 33.2 Å². The van der Waals surface area contributed by atoms with E-state index >= 15 is 0 Å². The molecule has 1 heterocycles. The van der Waals surface area contributed by atoms with Gasteiger partial charge < -0.3 is 10.0 Å². The molecule has 4 rings (SSSR count). The Morgan fingerprint density at radius 2 is 1.61 bits per heavy atom. The molecule has 5 nitrogen and oxygen atoms in total. The molecule has 0 bridgehead atoms. The van der Waals surface area contributed by atoms with E-state index in [9.17, 15) is 13.5 Å². The molecule has 1 atom stereocenters. The molecule has 1 fully saturated rings. The lowest BCUT2D eigenvalue weighted by atomic mass is 9.84. The molecule has 0 unspecified atom stereocenters. The highest BCUT2D eigenvalue weighted by molar-refractivity contribution is 7.89. The average molecular weight is 548 g/mol. The zero-order chi connectivity index (χ0) is 25.8. The summed E-state index contributed by atoms with van der Waals surface area (Å²) in [4.78, 5) is 2.63. The van der Waals surface area contributed by atoms with Crippen LogP contribution in [-0.2, 0) is 15.6 Å². The van der Waals surface area contributed by atoms with E-state index in [2.05, 4.69) is 4.90 Å². The standard InChI is InChI=1S/C28H32Cl2N2O3S/c1-31(36(34,35)27-8-3-2-4-9-27)21-23(22-6-5-7-26(30)20-22)14-17-32-18-15-28(33,16-19-32)24-10-12-25(29)13-11-24/h2-13,20,23,33H,14-19,21H2,1H3/t23-/m1/s1. The smallest absolute Gasteiger partial charge is 0.242 e. The van der Waals surface area contributed by atoms with Gasteiger partial charge in [0.05, 0.1) is 10.5 Å². The summed E-state index contributed by atoms with van der Waals surface area (Å²) in [6.45, 7) is 2.67. The maximum absolute atomic E-state index is 13.2. The first kappa shape index (κ1) is 27.1. The van der Waals surface area contributed by atoms with Gasteiger partial charge in [-0.2, -0.15) is 0 Å². The zero-order valence-corrected chi connectivity index (χ0v) is 22.7. The van der Waals surface area contributed by atoms with Crippen molar-refractivity contribution in [2.75, 3.05) is 33.2 Å². The Kier molecular flexibility index (Phi) is 8.76. The molecule has 1 saturated heterocycles. The Morgan fingerprint density at radius 1 is 0.944 bits per heavy atom. The monoisotopic (exact) mass is 546 g/mol. The van der Waals surface area contributed by atoms with Crippen LogP contribution in [0.2, 0.25) is 10.0 Å². The summed E-state index contributed by atoms with van der Waals surface area (Å²) in [6, 6.07) is 23.6. The van der Waals surface area contributed by atoms with E-state index in [0.29, 0.717) is 29.4 Å². The predicted octanol–water partition coefficient (Wildman–Crippen LogP) is 5.77. The maximum Gasteiger partial charge on any atom is 0.242 e. The Bertz CT molecular complexity index is 1250. The van der Waals surface area contributed by atoms with Crippen molar-refractivity contribution in [1.82, 2.24) is 9.21 Å². The second-order valence-corrected chi connectivity index (χ2v) is 12.4. The van der Waals surface area contributed by atoms with Crippen LogP contribution >= 0.6 is 23.2 Å². The van der Waals surface area contributed by atoms with Gasteiger partial charge in [0.25, 0.3) is 0 Å². The second kappa shape index (κ2) is 11.6. The van der Waals surface area contributed by atoms with Crippen LogP contribution in [0.5, 0.6) is 0 Å². The van der Waals surface area contributed by atoms with E-state index in [1.165, 1.54) is 4.31 Å². The molecule has 1 N–H and O–H groups in total. The van der Waals surface area contributed by atoms with Crippen molar-refractivity contribution in [2.24, 2.45) is 0 Å². The Labute approximate surface area is 224 Å². The summed E-state index contributed by atoms with van der Waals surface area (Å²) in [6.07, 6.45) is 2.05. The SMILES string of the molecule is CN(C[C@@H](CCN1CCC(O)(c2ccc(Cl)cc2)CC1)c1cccc(Cl)c1)S(=O)(=O)c1ccccc1. The molecule has 0 amide bonds. The number of piperidine rings is 1. The van der Waals surface area contributed by atoms with Crippen LogP contribution in [0.4, 0.5) is 0 Å². The van der Waals surface area contributed by atoms with Crippen LogP contribution in [0.3, 0.4) is 0 Å². The topological polar surface area (TPSA) is 60.9 Å². The first-order chi connectivity index (χ1) is 17.2. The number of aliphatic hydroxyl groups is 1. The van der Waals surface area contributed by atoms with Gasteiger partial charge in [-0.3, -0.25) is 0 Å². The van der Waals surface area contributed by atoms with Crippen LogP contribution in [0.15, 0.2) is 83.8 Å². The van der Waals surface area contributed by atoms with Gasteiger partial charge in [0.15, 0.2) is 0 Å². The number of halogens is 2. The molecule has 0 aromatic heterocycles. The summed E-state index contributed by atoms with van der Waals surface area (Å²) in [5.74, 6) is -0.0238. The van der Waals surface area contributed by atoms with Crippen LogP contribution in [0.1, 0.15) is 36.3 Å². The van der Waals surface area contributed by atoms with E-state index in [0.717, 1.165) is 37.2 Å². The lowest BCUT2D eigenvalue weighted by Gasteiger charge is -2.39. The van der Waals surface area contributed by atoms with Gasteiger partial charge >= 0.3 is 0 Å². The first-order valence-electron chi connectivity index (χ1n) is 12.1. The highest BCUT2D eigenvalue weighted by Gasteiger charge is 2.34. The van der Waals surface area contributed by atoms with Gasteiger partial charge in [0.2, 0.25) is 10.0 Å². The van der Waals surface area contributed by atoms with Crippen molar-refractivity contribution in [1.29, 1.82) is 0 Å². The Balaban J connectivity index is 1.43. The number of hydrogen-bond acceptors (Lipinski definition) is 4. The quantitative estimate of drug-likeness (QED) is 0.370. The summed E-state index contributed by atoms with van der Waals surface area (Å²) in [7, 11) is -1.97.